The van der Waals surface area contributed by atoms with Crippen LogP contribution in [0.2, 0.25) is 0 Å². The van der Waals surface area contributed by atoms with Crippen molar-refractivity contribution in [2.45, 2.75) is 38.7 Å². The summed E-state index contributed by atoms with van der Waals surface area (Å²) in [5, 5.41) is 0.388. The molecule has 17 heavy (non-hydrogen) atoms. The standard InChI is InChI=1S/C13H19O3P/c1-11-7-9-12(10-8-11)16-17(14,15)13-5-3-2-4-6-13/h2-6,11-12H,7-10H2,1H3,(H,14,15). The molecule has 0 heterocycles. The molecule has 1 fully saturated rings. The van der Waals surface area contributed by atoms with Crippen LogP contribution in [0.4, 0.5) is 0 Å². The van der Waals surface area contributed by atoms with Gasteiger partial charge in [-0.3, -0.25) is 4.57 Å². The lowest BCUT2D eigenvalue weighted by Crippen LogP contribution is -2.21. The minimum Gasteiger partial charge on any atom is -0.321 e. The van der Waals surface area contributed by atoms with Gasteiger partial charge in [0.25, 0.3) is 0 Å². The van der Waals surface area contributed by atoms with Crippen LogP contribution in [0.25, 0.3) is 0 Å². The van der Waals surface area contributed by atoms with Gasteiger partial charge < -0.3 is 9.42 Å². The maximum atomic E-state index is 12.1. The fourth-order valence-electron chi connectivity index (χ4n) is 2.21. The van der Waals surface area contributed by atoms with Crippen LogP contribution in [-0.4, -0.2) is 11.0 Å². The molecule has 2 rings (SSSR count). The summed E-state index contributed by atoms with van der Waals surface area (Å²) in [6.07, 6.45) is 3.87. The van der Waals surface area contributed by atoms with Crippen LogP contribution in [0.1, 0.15) is 32.6 Å². The summed E-state index contributed by atoms with van der Waals surface area (Å²) in [6.45, 7) is 2.21. The van der Waals surface area contributed by atoms with Gasteiger partial charge in [0.15, 0.2) is 0 Å². The molecular weight excluding hydrogens is 235 g/mol. The van der Waals surface area contributed by atoms with Crippen molar-refractivity contribution in [3.05, 3.63) is 30.3 Å². The number of rotatable bonds is 3. The van der Waals surface area contributed by atoms with Crippen LogP contribution in [-0.2, 0) is 9.09 Å². The number of benzene rings is 1. The molecule has 0 bridgehead atoms. The Hall–Kier alpha value is -0.630. The molecular formula is C13H19O3P. The molecule has 0 aliphatic heterocycles. The van der Waals surface area contributed by atoms with Gasteiger partial charge in [-0.1, -0.05) is 25.1 Å². The first kappa shape index (κ1) is 12.8. The van der Waals surface area contributed by atoms with Crippen molar-refractivity contribution in [1.29, 1.82) is 0 Å². The SMILES string of the molecule is CC1CCC(OP(=O)(O)c2ccccc2)CC1. The second kappa shape index (κ2) is 5.34. The van der Waals surface area contributed by atoms with Crippen molar-refractivity contribution in [3.63, 3.8) is 0 Å². The van der Waals surface area contributed by atoms with E-state index in [9.17, 15) is 9.46 Å². The molecule has 0 amide bonds. The first-order chi connectivity index (χ1) is 8.08. The lowest BCUT2D eigenvalue weighted by molar-refractivity contribution is 0.123. The zero-order chi connectivity index (χ0) is 12.3. The van der Waals surface area contributed by atoms with E-state index in [0.717, 1.165) is 25.7 Å². The molecule has 0 radical (unpaired) electrons. The molecule has 94 valence electrons. The predicted molar refractivity (Wildman–Crippen MR) is 68.4 cm³/mol. The molecule has 1 aliphatic rings. The molecule has 1 saturated carbocycles. The average molecular weight is 254 g/mol. The van der Waals surface area contributed by atoms with E-state index in [-0.39, 0.29) is 6.10 Å². The van der Waals surface area contributed by atoms with Gasteiger partial charge in [0.05, 0.1) is 11.4 Å². The second-order valence-corrected chi connectivity index (χ2v) is 6.61. The highest BCUT2D eigenvalue weighted by atomic mass is 31.2. The van der Waals surface area contributed by atoms with E-state index in [1.807, 2.05) is 6.07 Å². The van der Waals surface area contributed by atoms with Crippen LogP contribution in [0.5, 0.6) is 0 Å². The average Bonchev–Trinajstić information content (AvgIpc) is 2.33. The van der Waals surface area contributed by atoms with Gasteiger partial charge in [-0.15, -0.1) is 0 Å². The van der Waals surface area contributed by atoms with Crippen LogP contribution < -0.4 is 5.30 Å². The highest BCUT2D eigenvalue weighted by Gasteiger charge is 2.29. The first-order valence-corrected chi connectivity index (χ1v) is 7.72. The second-order valence-electron chi connectivity index (χ2n) is 4.84. The number of hydrogen-bond donors (Lipinski definition) is 1. The molecule has 0 saturated heterocycles. The lowest BCUT2D eigenvalue weighted by Gasteiger charge is -2.27. The summed E-state index contributed by atoms with van der Waals surface area (Å²) < 4.78 is 17.5. The summed E-state index contributed by atoms with van der Waals surface area (Å²) in [5.74, 6) is 0.713. The van der Waals surface area contributed by atoms with Crippen molar-refractivity contribution in [1.82, 2.24) is 0 Å². The fourth-order valence-corrected chi connectivity index (χ4v) is 3.50. The Morgan fingerprint density at radius 3 is 2.35 bits per heavy atom. The molecule has 3 nitrogen and oxygen atoms in total. The van der Waals surface area contributed by atoms with Gasteiger partial charge in [0.2, 0.25) is 0 Å². The van der Waals surface area contributed by atoms with Gasteiger partial charge in [-0.25, -0.2) is 0 Å². The summed E-state index contributed by atoms with van der Waals surface area (Å²) in [7, 11) is -3.63. The minimum atomic E-state index is -3.63. The number of hydrogen-bond acceptors (Lipinski definition) is 2. The van der Waals surface area contributed by atoms with E-state index in [1.165, 1.54) is 0 Å². The lowest BCUT2D eigenvalue weighted by atomic mass is 9.89. The smallest absolute Gasteiger partial charge is 0.321 e. The van der Waals surface area contributed by atoms with E-state index < -0.39 is 7.60 Å². The molecule has 1 aromatic carbocycles. The zero-order valence-corrected chi connectivity index (χ0v) is 11.0. The zero-order valence-electron chi connectivity index (χ0n) is 10.1. The summed E-state index contributed by atoms with van der Waals surface area (Å²) >= 11 is 0. The Balaban J connectivity index is 2.00. The van der Waals surface area contributed by atoms with E-state index in [0.29, 0.717) is 11.2 Å². The van der Waals surface area contributed by atoms with Gasteiger partial charge in [-0.05, 0) is 43.7 Å². The molecule has 1 aliphatic carbocycles. The highest BCUT2D eigenvalue weighted by molar-refractivity contribution is 7.61. The van der Waals surface area contributed by atoms with Crippen molar-refractivity contribution < 1.29 is 14.0 Å². The summed E-state index contributed by atoms with van der Waals surface area (Å²) in [4.78, 5) is 9.94. The van der Waals surface area contributed by atoms with E-state index in [2.05, 4.69) is 6.92 Å². The Labute approximate surface area is 102 Å². The molecule has 0 spiro atoms. The Morgan fingerprint density at radius 1 is 1.18 bits per heavy atom. The van der Waals surface area contributed by atoms with Crippen molar-refractivity contribution in [2.75, 3.05) is 0 Å². The maximum Gasteiger partial charge on any atom is 0.359 e. The topological polar surface area (TPSA) is 46.5 Å². The third-order valence-electron chi connectivity index (χ3n) is 3.34. The van der Waals surface area contributed by atoms with Gasteiger partial charge in [0, 0.05) is 0 Å². The van der Waals surface area contributed by atoms with Crippen LogP contribution in [0.15, 0.2) is 30.3 Å². The van der Waals surface area contributed by atoms with Crippen LogP contribution in [0.3, 0.4) is 0 Å². The molecule has 1 unspecified atom stereocenters. The highest BCUT2D eigenvalue weighted by Crippen LogP contribution is 2.44. The van der Waals surface area contributed by atoms with Gasteiger partial charge in [-0.2, -0.15) is 0 Å². The summed E-state index contributed by atoms with van der Waals surface area (Å²) in [5.41, 5.74) is 0. The Morgan fingerprint density at radius 2 is 1.76 bits per heavy atom. The first-order valence-electron chi connectivity index (χ1n) is 6.15. The van der Waals surface area contributed by atoms with Crippen molar-refractivity contribution in [3.8, 4) is 0 Å². The van der Waals surface area contributed by atoms with E-state index in [1.54, 1.807) is 24.3 Å². The molecule has 4 heteroatoms. The van der Waals surface area contributed by atoms with E-state index >= 15 is 0 Å². The predicted octanol–water partition coefficient (Wildman–Crippen LogP) is 3.09. The third-order valence-corrected chi connectivity index (χ3v) is 4.87. The van der Waals surface area contributed by atoms with Crippen LogP contribution in [0, 0.1) is 5.92 Å². The van der Waals surface area contributed by atoms with Crippen molar-refractivity contribution >= 4 is 12.9 Å². The largest absolute Gasteiger partial charge is 0.359 e. The Kier molecular flexibility index (Phi) is 4.03. The molecule has 0 aromatic heterocycles. The monoisotopic (exact) mass is 254 g/mol. The minimum absolute atomic E-state index is 0.0674. The molecule has 1 N–H and O–H groups in total. The normalized spacial score (nSPS) is 28.6. The maximum absolute atomic E-state index is 12.1. The molecule has 1 aromatic rings. The third kappa shape index (κ3) is 3.41. The molecule has 1 atom stereocenters. The van der Waals surface area contributed by atoms with Gasteiger partial charge in [0.1, 0.15) is 0 Å². The fraction of sp³-hybridized carbons (Fsp3) is 0.538. The Bertz CT molecular complexity index is 396. The van der Waals surface area contributed by atoms with Crippen LogP contribution >= 0.6 is 7.60 Å². The van der Waals surface area contributed by atoms with Crippen molar-refractivity contribution in [2.24, 2.45) is 5.92 Å². The van der Waals surface area contributed by atoms with Gasteiger partial charge >= 0.3 is 7.60 Å². The quantitative estimate of drug-likeness (QED) is 0.843. The summed E-state index contributed by atoms with van der Waals surface area (Å²) in [6, 6.07) is 8.62. The van der Waals surface area contributed by atoms with E-state index in [4.69, 9.17) is 4.52 Å².